The van der Waals surface area contributed by atoms with Crippen molar-refractivity contribution < 1.29 is 9.59 Å². The van der Waals surface area contributed by atoms with Crippen LogP contribution in [-0.4, -0.2) is 18.4 Å². The van der Waals surface area contributed by atoms with Crippen molar-refractivity contribution in [1.29, 1.82) is 0 Å². The fourth-order valence-corrected chi connectivity index (χ4v) is 3.19. The predicted molar refractivity (Wildman–Crippen MR) is 99.6 cm³/mol. The van der Waals surface area contributed by atoms with Crippen LogP contribution in [0.4, 0.5) is 5.69 Å². The molecule has 0 radical (unpaired) electrons. The van der Waals surface area contributed by atoms with Gasteiger partial charge in [0.1, 0.15) is 0 Å². The standard InChI is InChI=1S/C20H21ClN2O2/c1-2-14-6-8-15(9-7-14)12-22-20(25)16-10-19(24)23(13-16)18-5-3-4-17(21)11-18/h3-9,11,16H,2,10,12-13H2,1H3,(H,22,25)/t16-/m1/s1. The molecular formula is C20H21ClN2O2. The first-order valence-corrected chi connectivity index (χ1v) is 8.86. The molecule has 1 aliphatic heterocycles. The lowest BCUT2D eigenvalue weighted by Crippen LogP contribution is -2.32. The quantitative estimate of drug-likeness (QED) is 0.890. The van der Waals surface area contributed by atoms with Gasteiger partial charge in [0, 0.05) is 30.2 Å². The lowest BCUT2D eigenvalue weighted by atomic mass is 10.1. The highest BCUT2D eigenvalue weighted by Gasteiger charge is 2.35. The average molecular weight is 357 g/mol. The number of hydrogen-bond donors (Lipinski definition) is 1. The van der Waals surface area contributed by atoms with Crippen molar-refractivity contribution in [2.75, 3.05) is 11.4 Å². The molecule has 130 valence electrons. The molecule has 2 aromatic carbocycles. The minimum absolute atomic E-state index is 0.0466. The first-order valence-electron chi connectivity index (χ1n) is 8.48. The molecule has 3 rings (SSSR count). The van der Waals surface area contributed by atoms with Crippen LogP contribution in [0.15, 0.2) is 48.5 Å². The monoisotopic (exact) mass is 356 g/mol. The Labute approximate surface area is 152 Å². The van der Waals surface area contributed by atoms with Crippen LogP contribution in [0.25, 0.3) is 0 Å². The number of carbonyl (C=O) groups excluding carboxylic acids is 2. The van der Waals surface area contributed by atoms with Crippen molar-refractivity contribution in [3.05, 3.63) is 64.7 Å². The number of anilines is 1. The minimum Gasteiger partial charge on any atom is -0.352 e. The van der Waals surface area contributed by atoms with Gasteiger partial charge in [-0.15, -0.1) is 0 Å². The lowest BCUT2D eigenvalue weighted by molar-refractivity contribution is -0.126. The van der Waals surface area contributed by atoms with Crippen molar-refractivity contribution in [1.82, 2.24) is 5.32 Å². The van der Waals surface area contributed by atoms with Crippen LogP contribution in [0, 0.1) is 5.92 Å². The van der Waals surface area contributed by atoms with Crippen LogP contribution in [0.2, 0.25) is 5.02 Å². The third kappa shape index (κ3) is 4.20. The summed E-state index contributed by atoms with van der Waals surface area (Å²) in [5, 5.41) is 3.52. The Balaban J connectivity index is 1.58. The normalized spacial score (nSPS) is 17.0. The van der Waals surface area contributed by atoms with Gasteiger partial charge >= 0.3 is 0 Å². The summed E-state index contributed by atoms with van der Waals surface area (Å²) in [4.78, 5) is 26.3. The van der Waals surface area contributed by atoms with E-state index in [4.69, 9.17) is 11.6 Å². The predicted octanol–water partition coefficient (Wildman–Crippen LogP) is 3.57. The summed E-state index contributed by atoms with van der Waals surface area (Å²) in [6.07, 6.45) is 1.23. The third-order valence-corrected chi connectivity index (χ3v) is 4.75. The zero-order chi connectivity index (χ0) is 17.8. The van der Waals surface area contributed by atoms with Crippen LogP contribution in [-0.2, 0) is 22.6 Å². The van der Waals surface area contributed by atoms with E-state index in [2.05, 4.69) is 24.4 Å². The van der Waals surface area contributed by atoms with E-state index >= 15 is 0 Å². The van der Waals surface area contributed by atoms with Crippen molar-refractivity contribution in [3.63, 3.8) is 0 Å². The minimum atomic E-state index is -0.332. The summed E-state index contributed by atoms with van der Waals surface area (Å²) >= 11 is 5.99. The molecule has 1 heterocycles. The molecule has 0 aliphatic carbocycles. The first kappa shape index (κ1) is 17.5. The smallest absolute Gasteiger partial charge is 0.227 e. The zero-order valence-corrected chi connectivity index (χ0v) is 14.9. The number of amides is 2. The SMILES string of the molecule is CCc1ccc(CNC(=O)[C@@H]2CC(=O)N(c3cccc(Cl)c3)C2)cc1. The van der Waals surface area contributed by atoms with Gasteiger partial charge < -0.3 is 10.2 Å². The van der Waals surface area contributed by atoms with Crippen LogP contribution in [0.3, 0.4) is 0 Å². The average Bonchev–Trinajstić information content (AvgIpc) is 3.02. The summed E-state index contributed by atoms with van der Waals surface area (Å²) in [7, 11) is 0. The molecule has 0 aromatic heterocycles. The fraction of sp³-hybridized carbons (Fsp3) is 0.300. The topological polar surface area (TPSA) is 49.4 Å². The molecule has 0 bridgehead atoms. The van der Waals surface area contributed by atoms with Crippen molar-refractivity contribution >= 4 is 29.1 Å². The number of nitrogens with zero attached hydrogens (tertiary/aromatic N) is 1. The highest BCUT2D eigenvalue weighted by atomic mass is 35.5. The maximum absolute atomic E-state index is 12.4. The molecule has 0 unspecified atom stereocenters. The molecule has 1 aliphatic rings. The Kier molecular flexibility index (Phi) is 5.39. The second-order valence-corrected chi connectivity index (χ2v) is 6.71. The highest BCUT2D eigenvalue weighted by Crippen LogP contribution is 2.27. The van der Waals surface area contributed by atoms with E-state index in [0.29, 0.717) is 18.1 Å². The molecule has 2 aromatic rings. The summed E-state index contributed by atoms with van der Waals surface area (Å²) in [6.45, 7) is 2.98. The molecule has 1 N–H and O–H groups in total. The number of carbonyl (C=O) groups is 2. The van der Waals surface area contributed by atoms with Crippen molar-refractivity contribution in [2.24, 2.45) is 5.92 Å². The van der Waals surface area contributed by atoms with E-state index in [1.54, 1.807) is 23.1 Å². The second kappa shape index (κ2) is 7.70. The van der Waals surface area contributed by atoms with E-state index in [0.717, 1.165) is 17.7 Å². The molecule has 2 amide bonds. The van der Waals surface area contributed by atoms with Gasteiger partial charge in [0.15, 0.2) is 0 Å². The Bertz CT molecular complexity index is 774. The van der Waals surface area contributed by atoms with Gasteiger partial charge in [-0.05, 0) is 35.7 Å². The largest absolute Gasteiger partial charge is 0.352 e. The fourth-order valence-electron chi connectivity index (χ4n) is 3.00. The van der Waals surface area contributed by atoms with Gasteiger partial charge in [0.2, 0.25) is 11.8 Å². The number of benzene rings is 2. The highest BCUT2D eigenvalue weighted by molar-refractivity contribution is 6.30. The molecule has 0 saturated carbocycles. The van der Waals surface area contributed by atoms with Crippen LogP contribution >= 0.6 is 11.6 Å². The Hall–Kier alpha value is -2.33. The van der Waals surface area contributed by atoms with Gasteiger partial charge in [-0.1, -0.05) is 48.9 Å². The van der Waals surface area contributed by atoms with E-state index in [-0.39, 0.29) is 24.2 Å². The van der Waals surface area contributed by atoms with E-state index in [9.17, 15) is 9.59 Å². The molecule has 0 spiro atoms. The number of hydrogen-bond acceptors (Lipinski definition) is 2. The van der Waals surface area contributed by atoms with Gasteiger partial charge in [-0.2, -0.15) is 0 Å². The Morgan fingerprint density at radius 2 is 1.92 bits per heavy atom. The molecule has 1 fully saturated rings. The second-order valence-electron chi connectivity index (χ2n) is 6.27. The first-order chi connectivity index (χ1) is 12.1. The van der Waals surface area contributed by atoms with Gasteiger partial charge in [-0.25, -0.2) is 0 Å². The summed E-state index contributed by atoms with van der Waals surface area (Å²) in [5.74, 6) is -0.464. The van der Waals surface area contributed by atoms with Crippen LogP contribution in [0.5, 0.6) is 0 Å². The van der Waals surface area contributed by atoms with Crippen LogP contribution in [0.1, 0.15) is 24.5 Å². The summed E-state index contributed by atoms with van der Waals surface area (Å²) in [6, 6.07) is 15.3. The van der Waals surface area contributed by atoms with Gasteiger partial charge in [-0.3, -0.25) is 9.59 Å². The van der Waals surface area contributed by atoms with Crippen LogP contribution < -0.4 is 10.2 Å². The maximum Gasteiger partial charge on any atom is 0.227 e. The Morgan fingerprint density at radius 3 is 2.60 bits per heavy atom. The summed E-state index contributed by atoms with van der Waals surface area (Å²) in [5.41, 5.74) is 3.07. The Morgan fingerprint density at radius 1 is 1.20 bits per heavy atom. The number of nitrogens with one attached hydrogen (secondary N) is 1. The third-order valence-electron chi connectivity index (χ3n) is 4.51. The van der Waals surface area contributed by atoms with Gasteiger partial charge in [0.05, 0.1) is 5.92 Å². The van der Waals surface area contributed by atoms with Crippen molar-refractivity contribution in [2.45, 2.75) is 26.3 Å². The molecule has 1 saturated heterocycles. The van der Waals surface area contributed by atoms with E-state index < -0.39 is 0 Å². The molecular weight excluding hydrogens is 336 g/mol. The van der Waals surface area contributed by atoms with Crippen molar-refractivity contribution in [3.8, 4) is 0 Å². The molecule has 5 heteroatoms. The maximum atomic E-state index is 12.4. The molecule has 1 atom stereocenters. The number of rotatable bonds is 5. The van der Waals surface area contributed by atoms with E-state index in [1.807, 2.05) is 18.2 Å². The van der Waals surface area contributed by atoms with Gasteiger partial charge in [0.25, 0.3) is 0 Å². The molecule has 25 heavy (non-hydrogen) atoms. The lowest BCUT2D eigenvalue weighted by Gasteiger charge is -2.17. The molecule has 4 nitrogen and oxygen atoms in total. The number of halogens is 1. The van der Waals surface area contributed by atoms with E-state index in [1.165, 1.54) is 5.56 Å². The zero-order valence-electron chi connectivity index (χ0n) is 14.2. The number of aryl methyl sites for hydroxylation is 1. The summed E-state index contributed by atoms with van der Waals surface area (Å²) < 4.78 is 0.